The summed E-state index contributed by atoms with van der Waals surface area (Å²) < 4.78 is 28.0. The number of aryl methyl sites for hydroxylation is 2. The van der Waals surface area contributed by atoms with Crippen LogP contribution in [-0.2, 0) is 29.4 Å². The molecule has 2 aliphatic rings. The Morgan fingerprint density at radius 3 is 2.56 bits per heavy atom. The molecule has 0 bridgehead atoms. The zero-order valence-corrected chi connectivity index (χ0v) is 20.4. The van der Waals surface area contributed by atoms with E-state index in [9.17, 15) is 13.2 Å². The van der Waals surface area contributed by atoms with Crippen LogP contribution in [0.3, 0.4) is 0 Å². The fourth-order valence-electron chi connectivity index (χ4n) is 5.10. The van der Waals surface area contributed by atoms with Crippen LogP contribution >= 0.6 is 11.3 Å². The molecule has 1 saturated heterocycles. The Morgan fingerprint density at radius 1 is 0.971 bits per heavy atom. The predicted octanol–water partition coefficient (Wildman–Crippen LogP) is 3.52. The first-order valence-corrected chi connectivity index (χ1v) is 14.0. The monoisotopic (exact) mass is 494 g/mol. The fraction of sp³-hybridized carbons (Fsp3) is 0.360. The molecule has 0 amide bonds. The summed E-state index contributed by atoms with van der Waals surface area (Å²) in [6.45, 7) is 2.52. The maximum absolute atomic E-state index is 13.2. The van der Waals surface area contributed by atoms with Crippen molar-refractivity contribution in [2.24, 2.45) is 0 Å². The molecule has 1 fully saturated rings. The third-order valence-electron chi connectivity index (χ3n) is 6.94. The number of nitrogens with zero attached hydrogens (tertiary/aromatic N) is 3. The average molecular weight is 495 g/mol. The molecule has 0 radical (unpaired) electrons. The Morgan fingerprint density at radius 2 is 1.74 bits per heavy atom. The molecule has 2 aromatic heterocycles. The fourth-order valence-corrected chi connectivity index (χ4v) is 7.84. The lowest BCUT2D eigenvalue weighted by atomic mass is 9.97. The Hall–Kier alpha value is -2.59. The minimum absolute atomic E-state index is 0.0445. The lowest BCUT2D eigenvalue weighted by Crippen LogP contribution is -2.48. The van der Waals surface area contributed by atoms with Crippen LogP contribution in [0.5, 0.6) is 0 Å². The molecule has 34 heavy (non-hydrogen) atoms. The van der Waals surface area contributed by atoms with Crippen LogP contribution in [0, 0.1) is 0 Å². The molecule has 7 nitrogen and oxygen atoms in total. The lowest BCUT2D eigenvalue weighted by molar-refractivity contribution is 0.178. The molecule has 1 aliphatic carbocycles. The number of aromatic amines is 1. The number of hydrogen-bond acceptors (Lipinski definition) is 6. The quantitative estimate of drug-likeness (QED) is 0.469. The molecule has 2 aromatic carbocycles. The first kappa shape index (κ1) is 21.9. The van der Waals surface area contributed by atoms with Gasteiger partial charge in [-0.05, 0) is 54.2 Å². The molecule has 1 aliphatic heterocycles. The standard InChI is InChI=1S/C25H26N4O3S2/c30-24-23-20-7-3-4-8-21(20)33-25(23)27-22(26-24)16-28-11-13-29(14-12-28)34(31,32)19-10-9-17-5-1-2-6-18(17)15-19/h1-2,5-6,9-10,15H,3-4,7-8,11-14,16H2,(H,26,27,30). The summed E-state index contributed by atoms with van der Waals surface area (Å²) in [6.07, 6.45) is 4.31. The van der Waals surface area contributed by atoms with Gasteiger partial charge in [0.15, 0.2) is 0 Å². The second kappa shape index (κ2) is 8.57. The van der Waals surface area contributed by atoms with Crippen molar-refractivity contribution < 1.29 is 8.42 Å². The number of aromatic nitrogens is 2. The van der Waals surface area contributed by atoms with Gasteiger partial charge in [-0.3, -0.25) is 9.69 Å². The Labute approximate surface area is 202 Å². The molecule has 0 atom stereocenters. The van der Waals surface area contributed by atoms with Crippen LogP contribution < -0.4 is 5.56 Å². The van der Waals surface area contributed by atoms with E-state index in [1.807, 2.05) is 30.3 Å². The van der Waals surface area contributed by atoms with E-state index >= 15 is 0 Å². The molecule has 6 rings (SSSR count). The molecule has 176 valence electrons. The van der Waals surface area contributed by atoms with Crippen molar-refractivity contribution in [1.82, 2.24) is 19.2 Å². The van der Waals surface area contributed by atoms with E-state index in [-0.39, 0.29) is 5.56 Å². The highest BCUT2D eigenvalue weighted by atomic mass is 32.2. The highest BCUT2D eigenvalue weighted by Crippen LogP contribution is 2.33. The average Bonchev–Trinajstić information content (AvgIpc) is 3.23. The number of fused-ring (bicyclic) bond motifs is 4. The summed E-state index contributed by atoms with van der Waals surface area (Å²) in [5, 5.41) is 2.72. The van der Waals surface area contributed by atoms with Gasteiger partial charge in [0.1, 0.15) is 10.7 Å². The van der Waals surface area contributed by atoms with E-state index < -0.39 is 10.0 Å². The van der Waals surface area contributed by atoms with Gasteiger partial charge < -0.3 is 4.98 Å². The van der Waals surface area contributed by atoms with Gasteiger partial charge >= 0.3 is 0 Å². The Bertz CT molecular complexity index is 1550. The van der Waals surface area contributed by atoms with Gasteiger partial charge in [0, 0.05) is 31.1 Å². The molecular weight excluding hydrogens is 468 g/mol. The van der Waals surface area contributed by atoms with E-state index in [2.05, 4.69) is 9.88 Å². The highest BCUT2D eigenvalue weighted by Gasteiger charge is 2.29. The first-order chi connectivity index (χ1) is 16.5. The second-order valence-corrected chi connectivity index (χ2v) is 12.1. The molecule has 9 heteroatoms. The van der Waals surface area contributed by atoms with Crippen molar-refractivity contribution in [1.29, 1.82) is 0 Å². The SMILES string of the molecule is O=c1[nH]c(CN2CCN(S(=O)(=O)c3ccc4ccccc4c3)CC2)nc2sc3c(c12)CCCC3. The van der Waals surface area contributed by atoms with E-state index in [0.717, 1.165) is 40.3 Å². The second-order valence-electron chi connectivity index (χ2n) is 9.09. The summed E-state index contributed by atoms with van der Waals surface area (Å²) >= 11 is 1.65. The van der Waals surface area contributed by atoms with Crippen LogP contribution in [-0.4, -0.2) is 53.8 Å². The largest absolute Gasteiger partial charge is 0.309 e. The van der Waals surface area contributed by atoms with Gasteiger partial charge in [0.25, 0.3) is 5.56 Å². The first-order valence-electron chi connectivity index (χ1n) is 11.7. The van der Waals surface area contributed by atoms with Crippen molar-refractivity contribution >= 4 is 42.3 Å². The van der Waals surface area contributed by atoms with Gasteiger partial charge in [-0.1, -0.05) is 30.3 Å². The molecule has 0 unspecified atom stereocenters. The van der Waals surface area contributed by atoms with Gasteiger partial charge in [-0.25, -0.2) is 13.4 Å². The van der Waals surface area contributed by atoms with Gasteiger partial charge in [0.2, 0.25) is 10.0 Å². The van der Waals surface area contributed by atoms with Crippen LogP contribution in [0.2, 0.25) is 0 Å². The number of H-pyrrole nitrogens is 1. The van der Waals surface area contributed by atoms with Gasteiger partial charge in [-0.2, -0.15) is 4.31 Å². The van der Waals surface area contributed by atoms with Crippen molar-refractivity contribution in [3.8, 4) is 0 Å². The Balaban J connectivity index is 1.17. The van der Waals surface area contributed by atoms with Crippen LogP contribution in [0.15, 0.2) is 52.2 Å². The summed E-state index contributed by atoms with van der Waals surface area (Å²) in [4.78, 5) is 25.2. The smallest absolute Gasteiger partial charge is 0.259 e. The predicted molar refractivity (Wildman–Crippen MR) is 135 cm³/mol. The third kappa shape index (κ3) is 3.86. The molecule has 0 saturated carbocycles. The molecular formula is C25H26N4O3S2. The van der Waals surface area contributed by atoms with Crippen LogP contribution in [0.25, 0.3) is 21.0 Å². The van der Waals surface area contributed by atoms with E-state index in [1.54, 1.807) is 27.8 Å². The summed E-state index contributed by atoms with van der Waals surface area (Å²) in [6, 6.07) is 13.1. The zero-order valence-electron chi connectivity index (χ0n) is 18.8. The number of piperazine rings is 1. The molecule has 0 spiro atoms. The number of rotatable bonds is 4. The van der Waals surface area contributed by atoms with E-state index in [1.165, 1.54) is 16.9 Å². The highest BCUT2D eigenvalue weighted by molar-refractivity contribution is 7.89. The van der Waals surface area contributed by atoms with Crippen molar-refractivity contribution in [2.45, 2.75) is 37.1 Å². The normalized spacial score (nSPS) is 17.9. The van der Waals surface area contributed by atoms with E-state index in [0.29, 0.717) is 43.4 Å². The number of nitrogens with one attached hydrogen (secondary N) is 1. The van der Waals surface area contributed by atoms with Crippen LogP contribution in [0.1, 0.15) is 29.1 Å². The van der Waals surface area contributed by atoms with Gasteiger partial charge in [0.05, 0.1) is 16.8 Å². The summed E-state index contributed by atoms with van der Waals surface area (Å²) in [5.74, 6) is 0.655. The van der Waals surface area contributed by atoms with Crippen molar-refractivity contribution in [3.63, 3.8) is 0 Å². The van der Waals surface area contributed by atoms with Crippen molar-refractivity contribution in [3.05, 3.63) is 69.1 Å². The van der Waals surface area contributed by atoms with E-state index in [4.69, 9.17) is 4.98 Å². The Kier molecular flexibility index (Phi) is 5.52. The number of sulfonamides is 1. The maximum atomic E-state index is 13.2. The topological polar surface area (TPSA) is 86.4 Å². The van der Waals surface area contributed by atoms with Crippen molar-refractivity contribution in [2.75, 3.05) is 26.2 Å². The summed E-state index contributed by atoms with van der Waals surface area (Å²) in [7, 11) is -3.55. The molecule has 1 N–H and O–H groups in total. The number of hydrogen-bond donors (Lipinski definition) is 1. The van der Waals surface area contributed by atoms with Crippen LogP contribution in [0.4, 0.5) is 0 Å². The van der Waals surface area contributed by atoms with Gasteiger partial charge in [-0.15, -0.1) is 11.3 Å². The maximum Gasteiger partial charge on any atom is 0.259 e. The zero-order chi connectivity index (χ0) is 23.3. The minimum Gasteiger partial charge on any atom is -0.309 e. The minimum atomic E-state index is -3.55. The number of thiophene rings is 1. The molecule has 3 heterocycles. The molecule has 4 aromatic rings. The summed E-state index contributed by atoms with van der Waals surface area (Å²) in [5.41, 5.74) is 1.15. The lowest BCUT2D eigenvalue weighted by Gasteiger charge is -2.33. The number of benzene rings is 2. The third-order valence-corrected chi connectivity index (χ3v) is 10.0.